The number of carbonyl (C=O) groups is 1. The molecule has 0 aromatic heterocycles. The molecular weight excluding hydrogens is 106 g/mol. The molecule has 0 fully saturated rings. The Kier molecular flexibility index (Phi) is 3.03. The van der Waals surface area contributed by atoms with Crippen molar-refractivity contribution in [2.75, 3.05) is 6.61 Å². The highest BCUT2D eigenvalue weighted by atomic mass is 16.3. The first-order valence-corrected chi connectivity index (χ1v) is 2.29. The number of hydrogen-bond donors (Lipinski definition) is 1. The standard InChI is InChI=1S/C5H9NO2/c1-4(8)5(3-7)6-2/h5,7H,2-3H2,1H3/t5-/m0/s1. The van der Waals surface area contributed by atoms with Gasteiger partial charge in [0.15, 0.2) is 5.78 Å². The molecule has 1 atom stereocenters. The zero-order valence-corrected chi connectivity index (χ0v) is 4.79. The lowest BCUT2D eigenvalue weighted by Crippen LogP contribution is -2.18. The second-order valence-electron chi connectivity index (χ2n) is 1.49. The summed E-state index contributed by atoms with van der Waals surface area (Å²) in [7, 11) is 0. The minimum absolute atomic E-state index is 0.150. The van der Waals surface area contributed by atoms with Crippen LogP contribution < -0.4 is 0 Å². The minimum atomic E-state index is -0.616. The molecule has 8 heavy (non-hydrogen) atoms. The summed E-state index contributed by atoms with van der Waals surface area (Å²) in [6.45, 7) is 4.26. The number of carbonyl (C=O) groups excluding carboxylic acids is 1. The molecule has 0 saturated heterocycles. The van der Waals surface area contributed by atoms with E-state index in [4.69, 9.17) is 5.11 Å². The summed E-state index contributed by atoms with van der Waals surface area (Å²) in [6, 6.07) is -0.616. The van der Waals surface area contributed by atoms with Crippen molar-refractivity contribution in [3.05, 3.63) is 0 Å². The zero-order valence-electron chi connectivity index (χ0n) is 4.79. The van der Waals surface area contributed by atoms with Gasteiger partial charge in [0.1, 0.15) is 6.04 Å². The molecule has 0 heterocycles. The van der Waals surface area contributed by atoms with Crippen LogP contribution in [-0.4, -0.2) is 30.3 Å². The highest BCUT2D eigenvalue weighted by Gasteiger charge is 2.07. The van der Waals surface area contributed by atoms with Crippen molar-refractivity contribution in [1.29, 1.82) is 0 Å². The summed E-state index contributed by atoms with van der Waals surface area (Å²) in [5.74, 6) is -0.150. The van der Waals surface area contributed by atoms with Gasteiger partial charge in [0.2, 0.25) is 0 Å². The van der Waals surface area contributed by atoms with Gasteiger partial charge >= 0.3 is 0 Å². The van der Waals surface area contributed by atoms with Gasteiger partial charge in [-0.05, 0) is 13.6 Å². The molecule has 3 heteroatoms. The van der Waals surface area contributed by atoms with Gasteiger partial charge in [-0.3, -0.25) is 9.79 Å². The lowest BCUT2D eigenvalue weighted by atomic mass is 10.2. The Labute approximate surface area is 48.1 Å². The predicted molar refractivity (Wildman–Crippen MR) is 31.1 cm³/mol. The van der Waals surface area contributed by atoms with Gasteiger partial charge in [-0.2, -0.15) is 0 Å². The second kappa shape index (κ2) is 3.32. The van der Waals surface area contributed by atoms with Crippen molar-refractivity contribution in [2.45, 2.75) is 13.0 Å². The van der Waals surface area contributed by atoms with Gasteiger partial charge in [0, 0.05) is 0 Å². The van der Waals surface area contributed by atoms with Crippen LogP contribution in [0, 0.1) is 0 Å². The zero-order chi connectivity index (χ0) is 6.57. The van der Waals surface area contributed by atoms with Gasteiger partial charge in [0.05, 0.1) is 6.61 Å². The van der Waals surface area contributed by atoms with Crippen molar-refractivity contribution in [3.63, 3.8) is 0 Å². The molecule has 0 bridgehead atoms. The Balaban J connectivity index is 3.69. The van der Waals surface area contributed by atoms with Gasteiger partial charge in [-0.1, -0.05) is 0 Å². The van der Waals surface area contributed by atoms with E-state index in [2.05, 4.69) is 11.7 Å². The van der Waals surface area contributed by atoms with Gasteiger partial charge in [-0.25, -0.2) is 0 Å². The summed E-state index contributed by atoms with van der Waals surface area (Å²) in [5.41, 5.74) is 0. The van der Waals surface area contributed by atoms with Crippen molar-refractivity contribution in [2.24, 2.45) is 4.99 Å². The van der Waals surface area contributed by atoms with Crippen LogP contribution in [0.5, 0.6) is 0 Å². The third-order valence-electron chi connectivity index (χ3n) is 0.863. The SMILES string of the molecule is C=N[C@@H](CO)C(C)=O. The average Bonchev–Trinajstić information content (AvgIpc) is 1.69. The van der Waals surface area contributed by atoms with Crippen molar-refractivity contribution >= 4 is 12.5 Å². The van der Waals surface area contributed by atoms with Crippen LogP contribution in [-0.2, 0) is 4.79 Å². The van der Waals surface area contributed by atoms with Crippen LogP contribution in [0.2, 0.25) is 0 Å². The first-order valence-electron chi connectivity index (χ1n) is 2.29. The van der Waals surface area contributed by atoms with Crippen LogP contribution in [0.3, 0.4) is 0 Å². The third-order valence-corrected chi connectivity index (χ3v) is 0.863. The number of rotatable bonds is 3. The largest absolute Gasteiger partial charge is 0.394 e. The van der Waals surface area contributed by atoms with E-state index in [1.807, 2.05) is 0 Å². The molecular formula is C5H9NO2. The van der Waals surface area contributed by atoms with Crippen molar-refractivity contribution in [3.8, 4) is 0 Å². The number of aliphatic hydroxyl groups is 1. The van der Waals surface area contributed by atoms with E-state index in [0.717, 1.165) is 0 Å². The molecule has 0 rings (SSSR count). The Morgan fingerprint density at radius 1 is 2.00 bits per heavy atom. The number of nitrogens with zero attached hydrogens (tertiary/aromatic N) is 1. The molecule has 46 valence electrons. The van der Waals surface area contributed by atoms with Crippen LogP contribution in [0.1, 0.15) is 6.92 Å². The molecule has 0 spiro atoms. The Bertz CT molecular complexity index is 101. The third kappa shape index (κ3) is 1.84. The summed E-state index contributed by atoms with van der Waals surface area (Å²) in [5, 5.41) is 8.34. The molecule has 0 aliphatic carbocycles. The molecule has 0 aromatic rings. The topological polar surface area (TPSA) is 49.7 Å². The summed E-state index contributed by atoms with van der Waals surface area (Å²) < 4.78 is 0. The molecule has 0 amide bonds. The number of Topliss-reactive ketones (excluding diaryl/α,β-unsaturated/α-hetero) is 1. The maximum atomic E-state index is 10.3. The Hall–Kier alpha value is -0.700. The molecule has 0 radical (unpaired) electrons. The lowest BCUT2D eigenvalue weighted by Gasteiger charge is -1.99. The first kappa shape index (κ1) is 7.30. The Morgan fingerprint density at radius 2 is 2.50 bits per heavy atom. The van der Waals surface area contributed by atoms with Crippen LogP contribution in [0.4, 0.5) is 0 Å². The number of hydrogen-bond acceptors (Lipinski definition) is 3. The average molecular weight is 115 g/mol. The van der Waals surface area contributed by atoms with E-state index in [-0.39, 0.29) is 12.4 Å². The smallest absolute Gasteiger partial charge is 0.156 e. The minimum Gasteiger partial charge on any atom is -0.394 e. The van der Waals surface area contributed by atoms with Gasteiger partial charge < -0.3 is 5.11 Å². The van der Waals surface area contributed by atoms with Crippen molar-refractivity contribution < 1.29 is 9.90 Å². The molecule has 0 saturated carbocycles. The fourth-order valence-corrected chi connectivity index (χ4v) is 0.315. The van der Waals surface area contributed by atoms with Crippen LogP contribution >= 0.6 is 0 Å². The summed E-state index contributed by atoms with van der Waals surface area (Å²) >= 11 is 0. The molecule has 0 aromatic carbocycles. The normalized spacial score (nSPS) is 12.8. The van der Waals surface area contributed by atoms with Crippen molar-refractivity contribution in [1.82, 2.24) is 0 Å². The van der Waals surface area contributed by atoms with E-state index in [0.29, 0.717) is 0 Å². The van der Waals surface area contributed by atoms with E-state index in [1.165, 1.54) is 6.92 Å². The summed E-state index contributed by atoms with van der Waals surface area (Å²) in [4.78, 5) is 13.7. The molecule has 0 unspecified atom stereocenters. The molecule has 0 aliphatic rings. The molecule has 1 N–H and O–H groups in total. The van der Waals surface area contributed by atoms with Crippen LogP contribution in [0.25, 0.3) is 0 Å². The maximum Gasteiger partial charge on any atom is 0.156 e. The highest BCUT2D eigenvalue weighted by molar-refractivity contribution is 5.82. The first-order chi connectivity index (χ1) is 3.72. The monoisotopic (exact) mass is 115 g/mol. The fraction of sp³-hybridized carbons (Fsp3) is 0.600. The van der Waals surface area contributed by atoms with E-state index in [1.54, 1.807) is 0 Å². The number of aliphatic hydroxyl groups excluding tert-OH is 1. The number of aliphatic imine (C=N–C) groups is 1. The maximum absolute atomic E-state index is 10.3. The second-order valence-corrected chi connectivity index (χ2v) is 1.49. The van der Waals surface area contributed by atoms with Gasteiger partial charge in [-0.15, -0.1) is 0 Å². The van der Waals surface area contributed by atoms with Crippen LogP contribution in [0.15, 0.2) is 4.99 Å². The predicted octanol–water partition coefficient (Wildman–Crippen LogP) is -0.363. The van der Waals surface area contributed by atoms with Gasteiger partial charge in [0.25, 0.3) is 0 Å². The van der Waals surface area contributed by atoms with E-state index >= 15 is 0 Å². The molecule has 3 nitrogen and oxygen atoms in total. The number of ketones is 1. The Morgan fingerprint density at radius 3 is 2.50 bits per heavy atom. The molecule has 0 aliphatic heterocycles. The highest BCUT2D eigenvalue weighted by Crippen LogP contribution is 1.87. The van der Waals surface area contributed by atoms with E-state index < -0.39 is 6.04 Å². The quantitative estimate of drug-likeness (QED) is 0.510. The van der Waals surface area contributed by atoms with E-state index in [9.17, 15) is 4.79 Å². The lowest BCUT2D eigenvalue weighted by molar-refractivity contribution is -0.118. The summed E-state index contributed by atoms with van der Waals surface area (Å²) in [6.07, 6.45) is 0. The fourth-order valence-electron chi connectivity index (χ4n) is 0.315.